The Kier molecular flexibility index (Phi) is 4.28. The number of aryl methyl sites for hydroxylation is 2. The molecular weight excluding hydrogens is 240 g/mol. The van der Waals surface area contributed by atoms with Gasteiger partial charge in [-0.2, -0.15) is 4.98 Å². The summed E-state index contributed by atoms with van der Waals surface area (Å²) >= 11 is 0. The molecule has 1 N–H and O–H groups in total. The van der Waals surface area contributed by atoms with Gasteiger partial charge in [0, 0.05) is 24.7 Å². The van der Waals surface area contributed by atoms with E-state index in [1.54, 1.807) is 12.3 Å². The molecule has 2 aromatic rings. The van der Waals surface area contributed by atoms with Crippen molar-refractivity contribution in [1.29, 1.82) is 0 Å². The van der Waals surface area contributed by atoms with Crippen molar-refractivity contribution >= 4 is 5.82 Å². The van der Waals surface area contributed by atoms with Gasteiger partial charge in [-0.05, 0) is 26.0 Å². The third kappa shape index (κ3) is 3.64. The van der Waals surface area contributed by atoms with Crippen molar-refractivity contribution in [3.63, 3.8) is 0 Å². The molecule has 2 rings (SSSR count). The molecule has 2 aromatic heterocycles. The van der Waals surface area contributed by atoms with E-state index >= 15 is 0 Å². The molecule has 0 saturated heterocycles. The summed E-state index contributed by atoms with van der Waals surface area (Å²) in [6, 6.07) is 5.58. The summed E-state index contributed by atoms with van der Waals surface area (Å²) < 4.78 is 5.71. The molecule has 0 saturated carbocycles. The summed E-state index contributed by atoms with van der Waals surface area (Å²) in [7, 11) is 0. The van der Waals surface area contributed by atoms with E-state index in [9.17, 15) is 0 Å². The van der Waals surface area contributed by atoms with Crippen molar-refractivity contribution in [1.82, 2.24) is 15.0 Å². The smallest absolute Gasteiger partial charge is 0.224 e. The van der Waals surface area contributed by atoms with Crippen LogP contribution in [0.3, 0.4) is 0 Å². The van der Waals surface area contributed by atoms with Gasteiger partial charge in [0.2, 0.25) is 5.88 Å². The lowest BCUT2D eigenvalue weighted by Gasteiger charge is -2.09. The number of nitrogens with one attached hydrogen (secondary N) is 1. The third-order valence-corrected chi connectivity index (χ3v) is 2.53. The minimum Gasteiger partial charge on any atom is -0.437 e. The van der Waals surface area contributed by atoms with Crippen LogP contribution in [0.4, 0.5) is 5.82 Å². The first-order valence-electron chi connectivity index (χ1n) is 6.43. The van der Waals surface area contributed by atoms with Gasteiger partial charge in [-0.3, -0.25) is 4.98 Å². The lowest BCUT2D eigenvalue weighted by molar-refractivity contribution is 0.457. The SMILES string of the molecule is CCNc1cc(Oc2ccc(C)nc2)nc(CC)n1. The van der Waals surface area contributed by atoms with Crippen LogP contribution in [0, 0.1) is 6.92 Å². The maximum atomic E-state index is 5.71. The summed E-state index contributed by atoms with van der Waals surface area (Å²) in [5, 5.41) is 3.17. The standard InChI is InChI=1S/C14H18N4O/c1-4-12-17-13(15-5-2)8-14(18-12)19-11-7-6-10(3)16-9-11/h6-9H,4-5H2,1-3H3,(H,15,17,18). The Labute approximate surface area is 113 Å². The predicted octanol–water partition coefficient (Wildman–Crippen LogP) is 2.97. The summed E-state index contributed by atoms with van der Waals surface area (Å²) in [6.07, 6.45) is 2.46. The number of pyridine rings is 1. The van der Waals surface area contributed by atoms with Crippen LogP contribution < -0.4 is 10.1 Å². The van der Waals surface area contributed by atoms with E-state index in [1.807, 2.05) is 32.9 Å². The van der Waals surface area contributed by atoms with E-state index in [0.717, 1.165) is 30.3 Å². The largest absolute Gasteiger partial charge is 0.437 e. The molecule has 0 atom stereocenters. The Bertz CT molecular complexity index is 540. The Balaban J connectivity index is 2.23. The van der Waals surface area contributed by atoms with Crippen molar-refractivity contribution in [3.8, 4) is 11.6 Å². The first-order valence-corrected chi connectivity index (χ1v) is 6.43. The molecule has 19 heavy (non-hydrogen) atoms. The van der Waals surface area contributed by atoms with Gasteiger partial charge in [0.25, 0.3) is 0 Å². The Morgan fingerprint density at radius 2 is 2.05 bits per heavy atom. The van der Waals surface area contributed by atoms with E-state index in [-0.39, 0.29) is 0 Å². The van der Waals surface area contributed by atoms with Crippen LogP contribution >= 0.6 is 0 Å². The maximum absolute atomic E-state index is 5.71. The summed E-state index contributed by atoms with van der Waals surface area (Å²) in [6.45, 7) is 6.79. The highest BCUT2D eigenvalue weighted by molar-refractivity contribution is 5.39. The molecule has 0 aliphatic rings. The van der Waals surface area contributed by atoms with Crippen LogP contribution in [0.5, 0.6) is 11.6 Å². The van der Waals surface area contributed by atoms with Gasteiger partial charge in [0.15, 0.2) is 0 Å². The van der Waals surface area contributed by atoms with Crippen molar-refractivity contribution in [3.05, 3.63) is 35.9 Å². The van der Waals surface area contributed by atoms with Gasteiger partial charge < -0.3 is 10.1 Å². The van der Waals surface area contributed by atoms with E-state index < -0.39 is 0 Å². The number of hydrogen-bond donors (Lipinski definition) is 1. The number of rotatable bonds is 5. The molecular formula is C14H18N4O. The molecule has 0 aliphatic heterocycles. The predicted molar refractivity (Wildman–Crippen MR) is 74.6 cm³/mol. The molecule has 0 aromatic carbocycles. The molecule has 5 nitrogen and oxygen atoms in total. The molecule has 0 radical (unpaired) electrons. The fraction of sp³-hybridized carbons (Fsp3) is 0.357. The van der Waals surface area contributed by atoms with Crippen LogP contribution in [-0.2, 0) is 6.42 Å². The zero-order chi connectivity index (χ0) is 13.7. The van der Waals surface area contributed by atoms with Crippen molar-refractivity contribution in [2.75, 3.05) is 11.9 Å². The topological polar surface area (TPSA) is 59.9 Å². The van der Waals surface area contributed by atoms with Gasteiger partial charge in [-0.25, -0.2) is 4.98 Å². The highest BCUT2D eigenvalue weighted by atomic mass is 16.5. The van der Waals surface area contributed by atoms with Crippen molar-refractivity contribution in [2.45, 2.75) is 27.2 Å². The normalized spacial score (nSPS) is 10.3. The number of anilines is 1. The zero-order valence-corrected chi connectivity index (χ0v) is 11.5. The number of nitrogens with zero attached hydrogens (tertiary/aromatic N) is 3. The maximum Gasteiger partial charge on any atom is 0.224 e. The van der Waals surface area contributed by atoms with Crippen LogP contribution in [0.1, 0.15) is 25.4 Å². The first-order chi connectivity index (χ1) is 9.21. The fourth-order valence-corrected chi connectivity index (χ4v) is 1.59. The highest BCUT2D eigenvalue weighted by Crippen LogP contribution is 2.21. The van der Waals surface area contributed by atoms with E-state index in [2.05, 4.69) is 20.3 Å². The van der Waals surface area contributed by atoms with Crippen LogP contribution in [0.2, 0.25) is 0 Å². The monoisotopic (exact) mass is 258 g/mol. The quantitative estimate of drug-likeness (QED) is 0.893. The molecule has 5 heteroatoms. The average molecular weight is 258 g/mol. The third-order valence-electron chi connectivity index (χ3n) is 2.53. The van der Waals surface area contributed by atoms with Crippen LogP contribution in [0.25, 0.3) is 0 Å². The van der Waals surface area contributed by atoms with Gasteiger partial charge in [0.1, 0.15) is 17.4 Å². The second-order valence-electron chi connectivity index (χ2n) is 4.13. The van der Waals surface area contributed by atoms with Gasteiger partial charge in [-0.15, -0.1) is 0 Å². The molecule has 0 spiro atoms. The van der Waals surface area contributed by atoms with Crippen LogP contribution in [-0.4, -0.2) is 21.5 Å². The molecule has 0 unspecified atom stereocenters. The first kappa shape index (κ1) is 13.3. The van der Waals surface area contributed by atoms with Gasteiger partial charge in [0.05, 0.1) is 6.20 Å². The van der Waals surface area contributed by atoms with Crippen LogP contribution in [0.15, 0.2) is 24.4 Å². The zero-order valence-electron chi connectivity index (χ0n) is 11.5. The Morgan fingerprint density at radius 1 is 1.21 bits per heavy atom. The summed E-state index contributed by atoms with van der Waals surface area (Å²) in [5.74, 6) is 2.75. The van der Waals surface area contributed by atoms with Gasteiger partial charge >= 0.3 is 0 Å². The minimum absolute atomic E-state index is 0.536. The van der Waals surface area contributed by atoms with E-state index in [0.29, 0.717) is 11.6 Å². The molecule has 0 aliphatic carbocycles. The van der Waals surface area contributed by atoms with E-state index in [4.69, 9.17) is 4.74 Å². The van der Waals surface area contributed by atoms with Crippen molar-refractivity contribution < 1.29 is 4.74 Å². The molecule has 0 fully saturated rings. The average Bonchev–Trinajstić information content (AvgIpc) is 2.41. The minimum atomic E-state index is 0.536. The molecule has 100 valence electrons. The van der Waals surface area contributed by atoms with E-state index in [1.165, 1.54) is 0 Å². The molecule has 0 bridgehead atoms. The summed E-state index contributed by atoms with van der Waals surface area (Å²) in [4.78, 5) is 12.9. The number of aromatic nitrogens is 3. The second-order valence-corrected chi connectivity index (χ2v) is 4.13. The lowest BCUT2D eigenvalue weighted by atomic mass is 10.4. The number of ether oxygens (including phenoxy) is 1. The fourth-order valence-electron chi connectivity index (χ4n) is 1.59. The second kappa shape index (κ2) is 6.13. The summed E-state index contributed by atoms with van der Waals surface area (Å²) in [5.41, 5.74) is 0.956. The van der Waals surface area contributed by atoms with Crippen molar-refractivity contribution in [2.24, 2.45) is 0 Å². The van der Waals surface area contributed by atoms with Gasteiger partial charge in [-0.1, -0.05) is 6.92 Å². The molecule has 2 heterocycles. The Hall–Kier alpha value is -2.17. The highest BCUT2D eigenvalue weighted by Gasteiger charge is 2.05. The molecule has 0 amide bonds. The number of hydrogen-bond acceptors (Lipinski definition) is 5. The Morgan fingerprint density at radius 3 is 2.68 bits per heavy atom. The lowest BCUT2D eigenvalue weighted by Crippen LogP contribution is -2.04.